The molecule has 8 N–H and O–H groups in total. The third-order valence-electron chi connectivity index (χ3n) is 16.2. The van der Waals surface area contributed by atoms with Gasteiger partial charge >= 0.3 is 0 Å². The third kappa shape index (κ3) is 16.5. The van der Waals surface area contributed by atoms with Crippen molar-refractivity contribution in [2.75, 3.05) is 104 Å². The van der Waals surface area contributed by atoms with Crippen LogP contribution in [0.1, 0.15) is 83.1 Å². The molecule has 0 unspecified atom stereocenters. The second kappa shape index (κ2) is 30.4. The van der Waals surface area contributed by atoms with Crippen LogP contribution in [0.2, 0.25) is 10.0 Å². The number of ether oxygens (including phenoxy) is 5. The molecule has 4 aromatic heterocycles. The van der Waals surface area contributed by atoms with Gasteiger partial charge in [0.1, 0.15) is 28.7 Å². The second-order valence-corrected chi connectivity index (χ2v) is 23.3. The van der Waals surface area contributed by atoms with Crippen molar-refractivity contribution >= 4 is 125 Å². The highest BCUT2D eigenvalue weighted by molar-refractivity contribution is 6.32. The summed E-state index contributed by atoms with van der Waals surface area (Å²) in [4.78, 5) is 37.9. The zero-order chi connectivity index (χ0) is 63.1. The SMILES string of the molecule is CCc1cc(Nc2nc(NCCCNc3c4ccc(Cl)cc4nc4ccc(OC)cc34)nc(NC3CCCCC3)n2)cc(OC)c1.COc1cc(Nc2nc(NCCNc3c4ccc(Cl)cc4nc4ccc(OC)cc34)nc(NC3CCCCC3)n2)cc(OC)c1. The van der Waals surface area contributed by atoms with Crippen LogP contribution < -0.4 is 66.2 Å². The molecule has 0 spiro atoms. The van der Waals surface area contributed by atoms with Gasteiger partial charge in [0.15, 0.2) is 0 Å². The summed E-state index contributed by atoms with van der Waals surface area (Å²) in [5.74, 6) is 6.62. The Morgan fingerprint density at radius 2 is 0.791 bits per heavy atom. The number of hydrogen-bond donors (Lipinski definition) is 8. The van der Waals surface area contributed by atoms with E-state index in [1.54, 1.807) is 35.5 Å². The molecule has 10 aromatic rings. The van der Waals surface area contributed by atoms with E-state index < -0.39 is 0 Å². The first-order valence-corrected chi connectivity index (χ1v) is 31.9. The van der Waals surface area contributed by atoms with E-state index in [4.69, 9.17) is 81.8 Å². The number of methoxy groups -OCH3 is 5. The first-order chi connectivity index (χ1) is 44.5. The number of nitrogens with one attached hydrogen (secondary N) is 8. The number of pyridine rings is 2. The van der Waals surface area contributed by atoms with Crippen molar-refractivity contribution in [3.05, 3.63) is 125 Å². The molecule has 21 nitrogen and oxygen atoms in total. The van der Waals surface area contributed by atoms with Gasteiger partial charge in [-0.15, -0.1) is 0 Å². The summed E-state index contributed by atoms with van der Waals surface area (Å²) in [5.41, 5.74) is 8.12. The van der Waals surface area contributed by atoms with E-state index >= 15 is 0 Å². The van der Waals surface area contributed by atoms with E-state index in [1.807, 2.05) is 103 Å². The summed E-state index contributed by atoms with van der Waals surface area (Å²) in [6.07, 6.45) is 13.5. The van der Waals surface area contributed by atoms with Gasteiger partial charge in [-0.25, -0.2) is 9.97 Å². The zero-order valence-corrected chi connectivity index (χ0v) is 53.7. The molecule has 23 heteroatoms. The molecule has 2 aliphatic carbocycles. The molecular formula is C68H78Cl2N16O5. The maximum Gasteiger partial charge on any atom is 0.233 e. The number of halogens is 2. The maximum atomic E-state index is 6.30. The molecule has 0 saturated heterocycles. The Morgan fingerprint density at radius 3 is 1.27 bits per heavy atom. The third-order valence-corrected chi connectivity index (χ3v) is 16.6. The van der Waals surface area contributed by atoms with Crippen LogP contribution >= 0.6 is 23.2 Å². The van der Waals surface area contributed by atoms with Crippen LogP contribution in [-0.2, 0) is 6.42 Å². The zero-order valence-electron chi connectivity index (χ0n) is 52.2. The summed E-state index contributed by atoms with van der Waals surface area (Å²) in [6, 6.07) is 35.6. The van der Waals surface area contributed by atoms with Crippen molar-refractivity contribution in [3.8, 4) is 28.7 Å². The molecule has 2 saturated carbocycles. The van der Waals surface area contributed by atoms with Gasteiger partial charge in [-0.05, 0) is 129 Å². The molecular weight excluding hydrogens is 1190 g/mol. The van der Waals surface area contributed by atoms with Crippen LogP contribution in [0.5, 0.6) is 28.7 Å². The van der Waals surface area contributed by atoms with Gasteiger partial charge in [0.2, 0.25) is 35.7 Å². The molecule has 12 rings (SSSR count). The summed E-state index contributed by atoms with van der Waals surface area (Å²) in [6.45, 7) is 4.63. The molecule has 0 bridgehead atoms. The normalized spacial score (nSPS) is 13.5. The monoisotopic (exact) mass is 1270 g/mol. The Hall–Kier alpha value is -9.34. The first-order valence-electron chi connectivity index (χ1n) is 31.1. The lowest BCUT2D eigenvalue weighted by Gasteiger charge is -2.23. The minimum Gasteiger partial charge on any atom is -0.497 e. The smallest absolute Gasteiger partial charge is 0.233 e. The maximum absolute atomic E-state index is 6.30. The standard InChI is InChI=1S/C35H41ClN8O2.C33H37ClN8O3/c1-4-22-17-25(20-27(18-22)46-3)40-35-43-33(42-34(44-35)39-24-9-6-5-7-10-24)38-16-8-15-37-32-28-13-11-23(36)19-31(28)41-30-14-12-26(45-2)21-29(30)32;1-43-23-10-12-28-27(19-23)30(26-11-9-20(34)15-29(26)39-28)35-13-14-36-31-40-32(37-21-7-5-4-6-8-21)42-33(41-31)38-22-16-24(44-2)18-25(17-22)45-3/h11-14,17-21,24H,4-10,15-16H2,1-3H3,(H,37,41)(H3,38,39,40,42,43,44);9-12,15-19,21H,4-8,13-14H2,1-3H3,(H,35,39)(H3,36,37,38,40,41,42). The van der Waals surface area contributed by atoms with Gasteiger partial charge in [0.05, 0.1) is 69.0 Å². The summed E-state index contributed by atoms with van der Waals surface area (Å²) >= 11 is 12.6. The second-order valence-electron chi connectivity index (χ2n) is 22.5. The predicted octanol–water partition coefficient (Wildman–Crippen LogP) is 15.5. The molecule has 91 heavy (non-hydrogen) atoms. The molecule has 2 aliphatic rings. The molecule has 6 aromatic carbocycles. The Bertz CT molecular complexity index is 4090. The van der Waals surface area contributed by atoms with Gasteiger partial charge in [0.25, 0.3) is 0 Å². The lowest BCUT2D eigenvalue weighted by Crippen LogP contribution is -2.24. The topological polar surface area (TPSA) is 246 Å². The number of aryl methyl sites for hydroxylation is 1. The Labute approximate surface area is 540 Å². The lowest BCUT2D eigenvalue weighted by molar-refractivity contribution is 0.395. The number of aromatic nitrogens is 8. The molecule has 0 amide bonds. The fourth-order valence-corrected chi connectivity index (χ4v) is 11.8. The molecule has 474 valence electrons. The first kappa shape index (κ1) is 63.2. The van der Waals surface area contributed by atoms with Crippen molar-refractivity contribution in [1.82, 2.24) is 39.9 Å². The van der Waals surface area contributed by atoms with Crippen LogP contribution in [0.25, 0.3) is 43.6 Å². The quantitative estimate of drug-likeness (QED) is 0.0196. The van der Waals surface area contributed by atoms with Crippen LogP contribution in [0.4, 0.5) is 58.4 Å². The Kier molecular flexibility index (Phi) is 21.2. The van der Waals surface area contributed by atoms with E-state index in [1.165, 1.54) is 44.1 Å². The average Bonchev–Trinajstić information content (AvgIpc) is 0.902. The summed E-state index contributed by atoms with van der Waals surface area (Å²) in [5, 5.41) is 33.0. The fourth-order valence-electron chi connectivity index (χ4n) is 11.5. The molecule has 0 aliphatic heterocycles. The Morgan fingerprint density at radius 1 is 0.374 bits per heavy atom. The van der Waals surface area contributed by atoms with Crippen molar-refractivity contribution < 1.29 is 23.7 Å². The van der Waals surface area contributed by atoms with Gasteiger partial charge in [-0.3, -0.25) is 0 Å². The van der Waals surface area contributed by atoms with E-state index in [9.17, 15) is 0 Å². The highest BCUT2D eigenvalue weighted by Gasteiger charge is 2.20. The van der Waals surface area contributed by atoms with Crippen molar-refractivity contribution in [2.24, 2.45) is 0 Å². The minimum absolute atomic E-state index is 0.333. The van der Waals surface area contributed by atoms with E-state index in [2.05, 4.69) is 60.5 Å². The van der Waals surface area contributed by atoms with Crippen molar-refractivity contribution in [3.63, 3.8) is 0 Å². The van der Waals surface area contributed by atoms with E-state index in [0.29, 0.717) is 95.5 Å². The van der Waals surface area contributed by atoms with E-state index in [0.717, 1.165) is 122 Å². The number of rotatable bonds is 25. The number of anilines is 10. The minimum atomic E-state index is 0.333. The summed E-state index contributed by atoms with van der Waals surface area (Å²) < 4.78 is 27.4. The number of benzene rings is 6. The lowest BCUT2D eigenvalue weighted by atomic mass is 9.96. The van der Waals surface area contributed by atoms with Gasteiger partial charge in [-0.1, -0.05) is 68.7 Å². The van der Waals surface area contributed by atoms with Crippen molar-refractivity contribution in [2.45, 2.75) is 96.1 Å². The van der Waals surface area contributed by atoms with Gasteiger partial charge in [0, 0.05) is 105 Å². The molecule has 4 heterocycles. The highest BCUT2D eigenvalue weighted by Crippen LogP contribution is 2.37. The van der Waals surface area contributed by atoms with Gasteiger partial charge < -0.3 is 66.2 Å². The predicted molar refractivity (Wildman–Crippen MR) is 369 cm³/mol. The number of hydrogen-bond acceptors (Lipinski definition) is 21. The average molecular weight is 1270 g/mol. The highest BCUT2D eigenvalue weighted by atomic mass is 35.5. The molecule has 2 fully saturated rings. The van der Waals surface area contributed by atoms with E-state index in [-0.39, 0.29) is 0 Å². The van der Waals surface area contributed by atoms with Crippen LogP contribution in [0.15, 0.2) is 109 Å². The fraction of sp³-hybridized carbons (Fsp3) is 0.353. The molecule has 0 atom stereocenters. The van der Waals surface area contributed by atoms with Crippen LogP contribution in [0, 0.1) is 0 Å². The largest absolute Gasteiger partial charge is 0.497 e. The van der Waals surface area contributed by atoms with Crippen molar-refractivity contribution in [1.29, 1.82) is 0 Å². The molecule has 0 radical (unpaired) electrons. The number of fused-ring (bicyclic) bond motifs is 4. The summed E-state index contributed by atoms with van der Waals surface area (Å²) in [7, 11) is 8.24. The number of nitrogens with zero attached hydrogens (tertiary/aromatic N) is 8. The van der Waals surface area contributed by atoms with Crippen LogP contribution in [0.3, 0.4) is 0 Å². The van der Waals surface area contributed by atoms with Crippen LogP contribution in [-0.4, -0.2) is 114 Å². The Balaban J connectivity index is 0.000000187. The van der Waals surface area contributed by atoms with Gasteiger partial charge in [-0.2, -0.15) is 29.9 Å².